The van der Waals surface area contributed by atoms with Crippen molar-refractivity contribution in [1.29, 1.82) is 0 Å². The first-order chi connectivity index (χ1) is 15.4. The quantitative estimate of drug-likeness (QED) is 0.310. The predicted molar refractivity (Wildman–Crippen MR) is 111 cm³/mol. The molecule has 4 radical (unpaired) electrons. The molecule has 2 amide bonds. The molecule has 33 heavy (non-hydrogen) atoms. The summed E-state index contributed by atoms with van der Waals surface area (Å²) in [6.07, 6.45) is -4.95. The Morgan fingerprint density at radius 1 is 1.33 bits per heavy atom. The van der Waals surface area contributed by atoms with E-state index >= 15 is 0 Å². The molecule has 2 heterocycles. The van der Waals surface area contributed by atoms with Gasteiger partial charge in [-0.25, -0.2) is 9.61 Å². The molecule has 0 aliphatic rings. The number of imidazole rings is 1. The largest absolute Gasteiger partial charge is 0.408 e. The van der Waals surface area contributed by atoms with E-state index in [9.17, 15) is 22.8 Å². The first-order valence-electron chi connectivity index (χ1n) is 9.53. The topological polar surface area (TPSA) is 129 Å². The molecule has 170 valence electrons. The number of nitrogens with zero attached hydrogens (tertiary/aromatic N) is 4. The average Bonchev–Trinajstić information content (AvgIpc) is 3.34. The number of aromatic nitrogens is 4. The minimum atomic E-state index is -4.86. The van der Waals surface area contributed by atoms with Gasteiger partial charge in [-0.3, -0.25) is 9.59 Å². The number of likely N-dealkylation sites (N-methyl/N-ethyl adjacent to an activating group) is 1. The van der Waals surface area contributed by atoms with Gasteiger partial charge in [-0.1, -0.05) is 11.2 Å². The van der Waals surface area contributed by atoms with Gasteiger partial charge in [0.15, 0.2) is 5.69 Å². The molecule has 1 aromatic carbocycles. The van der Waals surface area contributed by atoms with Gasteiger partial charge in [0.1, 0.15) is 17.6 Å². The number of hydrogen-bond donors (Lipinski definition) is 3. The van der Waals surface area contributed by atoms with Gasteiger partial charge in [0, 0.05) is 6.54 Å². The molecule has 3 N–H and O–H groups in total. The van der Waals surface area contributed by atoms with E-state index in [1.807, 2.05) is 0 Å². The Morgan fingerprint density at radius 3 is 2.67 bits per heavy atom. The highest BCUT2D eigenvalue weighted by Gasteiger charge is 2.49. The summed E-state index contributed by atoms with van der Waals surface area (Å²) in [5.41, 5.74) is 2.15. The molecule has 0 spiro atoms. The van der Waals surface area contributed by atoms with Gasteiger partial charge in [-0.15, -0.1) is 0 Å². The molecule has 10 nitrogen and oxygen atoms in total. The summed E-state index contributed by atoms with van der Waals surface area (Å²) in [5.74, 6) is -0.0424. The van der Waals surface area contributed by atoms with Crippen LogP contribution in [-0.4, -0.2) is 77.8 Å². The van der Waals surface area contributed by atoms with Crippen LogP contribution in [0, 0.1) is 6.92 Å². The predicted octanol–water partition coefficient (Wildman–Crippen LogP) is 0.284. The number of fused-ring (bicyclic) bond motifs is 1. The summed E-state index contributed by atoms with van der Waals surface area (Å²) in [5, 5.41) is 8.91. The van der Waals surface area contributed by atoms with Crippen LogP contribution in [0.3, 0.4) is 0 Å². The molecule has 15 heteroatoms. The van der Waals surface area contributed by atoms with Gasteiger partial charge in [0.25, 0.3) is 5.91 Å². The zero-order valence-corrected chi connectivity index (χ0v) is 17.6. The second kappa shape index (κ2) is 9.25. The summed E-state index contributed by atoms with van der Waals surface area (Å²) in [6.45, 7) is 1.59. The Labute approximate surface area is 188 Å². The van der Waals surface area contributed by atoms with E-state index in [2.05, 4.69) is 30.2 Å². The van der Waals surface area contributed by atoms with Gasteiger partial charge < -0.3 is 20.5 Å². The molecule has 0 fully saturated rings. The van der Waals surface area contributed by atoms with Crippen molar-refractivity contribution in [1.82, 2.24) is 35.8 Å². The fourth-order valence-electron chi connectivity index (χ4n) is 3.17. The number of aromatic amines is 1. The van der Waals surface area contributed by atoms with Crippen LogP contribution in [0.2, 0.25) is 0 Å². The molecule has 0 saturated heterocycles. The van der Waals surface area contributed by atoms with Gasteiger partial charge >= 0.3 is 6.18 Å². The number of rotatable bonds is 9. The third-order valence-electron chi connectivity index (χ3n) is 4.98. The van der Waals surface area contributed by atoms with Crippen LogP contribution in [-0.2, 0) is 17.9 Å². The lowest BCUT2D eigenvalue weighted by Gasteiger charge is -2.43. The molecular formula is C18H18B2F3N7O3. The number of hydrogen-bond acceptors (Lipinski definition) is 7. The summed E-state index contributed by atoms with van der Waals surface area (Å²) in [6, 6.07) is 2.49. The lowest BCUT2D eigenvalue weighted by Crippen LogP contribution is -2.66. The molecule has 3 aromatic rings. The smallest absolute Gasteiger partial charge is 0.347 e. The second-order valence-corrected chi connectivity index (χ2v) is 7.42. The minimum absolute atomic E-state index is 0.0560. The molecule has 0 saturated carbocycles. The maximum atomic E-state index is 13.3. The van der Waals surface area contributed by atoms with Gasteiger partial charge in [-0.05, 0) is 42.2 Å². The molecule has 3 rings (SSSR count). The Morgan fingerprint density at radius 2 is 2.06 bits per heavy atom. The van der Waals surface area contributed by atoms with E-state index in [4.69, 9.17) is 15.7 Å². The number of H-pyrrole nitrogens is 1. The van der Waals surface area contributed by atoms with Crippen LogP contribution in [0.15, 0.2) is 22.8 Å². The van der Waals surface area contributed by atoms with Gasteiger partial charge in [0.2, 0.25) is 6.41 Å². The van der Waals surface area contributed by atoms with Crippen molar-refractivity contribution in [2.75, 3.05) is 7.05 Å². The Kier molecular flexibility index (Phi) is 6.81. The highest BCUT2D eigenvalue weighted by Crippen LogP contribution is 2.29. The maximum absolute atomic E-state index is 13.3. The standard InChI is InChI=1S/C18H18B2F3N7O3/c1-9-14(29-33-28-9)15(32)24-6-13-26-11-4-3-10(5-12(11)27-13)7-30(2)17(19,20)16(25-8-31)18(21,22)23/h3-5,8,16H,6-7H2,1-2H3,(H,24,32)(H,25,31)(H,26,27). The van der Waals surface area contributed by atoms with E-state index in [0.717, 1.165) is 4.90 Å². The van der Waals surface area contributed by atoms with Crippen molar-refractivity contribution in [3.63, 3.8) is 0 Å². The van der Waals surface area contributed by atoms with Crippen LogP contribution >= 0.6 is 0 Å². The summed E-state index contributed by atoms with van der Waals surface area (Å²) >= 11 is 0. The highest BCUT2D eigenvalue weighted by molar-refractivity contribution is 6.40. The summed E-state index contributed by atoms with van der Waals surface area (Å²) in [4.78, 5) is 31.2. The van der Waals surface area contributed by atoms with Crippen molar-refractivity contribution < 1.29 is 27.4 Å². The average molecular weight is 459 g/mol. The second-order valence-electron chi connectivity index (χ2n) is 7.42. The number of carbonyl (C=O) groups is 2. The van der Waals surface area contributed by atoms with Crippen molar-refractivity contribution in [2.24, 2.45) is 0 Å². The highest BCUT2D eigenvalue weighted by atomic mass is 19.4. The monoisotopic (exact) mass is 459 g/mol. The van der Waals surface area contributed by atoms with Crippen LogP contribution in [0.4, 0.5) is 13.2 Å². The van der Waals surface area contributed by atoms with E-state index in [-0.39, 0.29) is 25.2 Å². The first-order valence-corrected chi connectivity index (χ1v) is 9.53. The Balaban J connectivity index is 1.71. The molecule has 0 bridgehead atoms. The van der Waals surface area contributed by atoms with Gasteiger partial charge in [-0.2, -0.15) is 13.2 Å². The zero-order chi connectivity index (χ0) is 24.4. The van der Waals surface area contributed by atoms with Crippen molar-refractivity contribution in [2.45, 2.75) is 37.6 Å². The van der Waals surface area contributed by atoms with Crippen molar-refractivity contribution >= 4 is 39.0 Å². The van der Waals surface area contributed by atoms with Crippen LogP contribution in [0.1, 0.15) is 27.6 Å². The van der Waals surface area contributed by atoms with Crippen LogP contribution in [0.25, 0.3) is 11.0 Å². The number of benzene rings is 1. The normalized spacial score (nSPS) is 13.3. The van der Waals surface area contributed by atoms with Gasteiger partial charge in [0.05, 0.1) is 33.3 Å². The Bertz CT molecular complexity index is 1150. The first kappa shape index (κ1) is 24.3. The summed E-state index contributed by atoms with van der Waals surface area (Å²) < 4.78 is 44.4. The molecule has 1 unspecified atom stereocenters. The molecular weight excluding hydrogens is 441 g/mol. The molecule has 0 aliphatic heterocycles. The number of nitrogens with one attached hydrogen (secondary N) is 3. The third kappa shape index (κ3) is 5.35. The molecule has 2 aromatic heterocycles. The number of carbonyl (C=O) groups excluding carboxylic acids is 2. The van der Waals surface area contributed by atoms with Crippen molar-refractivity contribution in [3.8, 4) is 0 Å². The fraction of sp³-hybridized carbons (Fsp3) is 0.389. The van der Waals surface area contributed by atoms with Crippen LogP contribution in [0.5, 0.6) is 0 Å². The summed E-state index contributed by atoms with van der Waals surface area (Å²) in [7, 11) is 12.8. The third-order valence-corrected chi connectivity index (χ3v) is 4.98. The number of alkyl halides is 3. The Hall–Kier alpha value is -3.35. The lowest BCUT2D eigenvalue weighted by molar-refractivity contribution is -0.169. The minimum Gasteiger partial charge on any atom is -0.347 e. The number of aryl methyl sites for hydroxylation is 1. The number of halogens is 3. The van der Waals surface area contributed by atoms with E-state index in [1.54, 1.807) is 30.4 Å². The maximum Gasteiger partial charge on any atom is 0.408 e. The fourth-order valence-corrected chi connectivity index (χ4v) is 3.17. The van der Waals surface area contributed by atoms with E-state index in [1.165, 1.54) is 7.05 Å². The SMILES string of the molecule is [B]C([B])(C(NC=O)C(F)(F)F)N(C)Cc1ccc2nc(CNC(=O)c3nonc3C)[nH]c2c1. The van der Waals surface area contributed by atoms with Crippen LogP contribution < -0.4 is 10.6 Å². The van der Waals surface area contributed by atoms with Crippen molar-refractivity contribution in [3.05, 3.63) is 41.0 Å². The van der Waals surface area contributed by atoms with E-state index < -0.39 is 23.5 Å². The molecule has 0 aliphatic carbocycles. The molecule has 1 atom stereocenters. The number of amides is 2. The zero-order valence-electron chi connectivity index (χ0n) is 17.6. The van der Waals surface area contributed by atoms with E-state index in [0.29, 0.717) is 28.1 Å². The lowest BCUT2D eigenvalue weighted by atomic mass is 9.56.